The van der Waals surface area contributed by atoms with E-state index < -0.39 is 0 Å². The van der Waals surface area contributed by atoms with Crippen LogP contribution in [0.2, 0.25) is 0 Å². The molecule has 2 aliphatic carbocycles. The van der Waals surface area contributed by atoms with Crippen molar-refractivity contribution in [2.75, 3.05) is 0 Å². The molecule has 0 saturated heterocycles. The Hall–Kier alpha value is -0.651. The summed E-state index contributed by atoms with van der Waals surface area (Å²) in [6.07, 6.45) is 14.7. The summed E-state index contributed by atoms with van der Waals surface area (Å²) in [7, 11) is 0. The average Bonchev–Trinajstić information content (AvgIpc) is 2.55. The van der Waals surface area contributed by atoms with Gasteiger partial charge in [-0.05, 0) is 5.57 Å². The second-order valence-electron chi connectivity index (χ2n) is 2.15. The largest absolute Gasteiger partial charge is 0.106 e. The van der Waals surface area contributed by atoms with Crippen molar-refractivity contribution in [3.05, 3.63) is 67.2 Å². The van der Waals surface area contributed by atoms with E-state index in [-0.39, 0.29) is 20.1 Å². The first-order chi connectivity index (χ1) is 5.47. The van der Waals surface area contributed by atoms with Crippen LogP contribution in [0.4, 0.5) is 0 Å². The minimum Gasteiger partial charge on any atom is -0.106 e. The molecule has 0 bridgehead atoms. The molecular formula is C11H11Ir. The Balaban J connectivity index is 0.000000378. The summed E-state index contributed by atoms with van der Waals surface area (Å²) >= 11 is 0. The van der Waals surface area contributed by atoms with Crippen molar-refractivity contribution in [2.45, 2.75) is 0 Å². The first-order valence-electron chi connectivity index (χ1n) is 3.57. The van der Waals surface area contributed by atoms with Gasteiger partial charge < -0.3 is 0 Å². The standard InChI is InChI=1S/C9H7.C2H4.Ir/c1-2-5-9-7-3-6-8(9)4-1;1-2;/h1-7H;1-2H2;. The fraction of sp³-hybridized carbons (Fsp3) is 0. The Morgan fingerprint density at radius 3 is 2.08 bits per heavy atom. The number of hydrogen-bond donors (Lipinski definition) is 0. The average molecular weight is 335 g/mol. The van der Waals surface area contributed by atoms with E-state index in [9.17, 15) is 0 Å². The maximum Gasteiger partial charge on any atom is 0.0485 e. The molecule has 1 heteroatoms. The maximum atomic E-state index is 3.00. The minimum atomic E-state index is 0. The van der Waals surface area contributed by atoms with Gasteiger partial charge in [-0.2, -0.15) is 0 Å². The van der Waals surface area contributed by atoms with Crippen LogP contribution in [-0.2, 0) is 20.1 Å². The number of allylic oxidation sites excluding steroid dienone is 8. The second-order valence-corrected chi connectivity index (χ2v) is 2.15. The summed E-state index contributed by atoms with van der Waals surface area (Å²) in [5.41, 5.74) is 1.33. The van der Waals surface area contributed by atoms with E-state index in [0.29, 0.717) is 0 Å². The van der Waals surface area contributed by atoms with Gasteiger partial charge in [-0.15, -0.1) is 13.2 Å². The topological polar surface area (TPSA) is 0 Å². The van der Waals surface area contributed by atoms with Crippen molar-refractivity contribution < 1.29 is 20.1 Å². The van der Waals surface area contributed by atoms with E-state index in [1.165, 1.54) is 11.5 Å². The van der Waals surface area contributed by atoms with E-state index in [4.69, 9.17) is 0 Å². The zero-order chi connectivity index (χ0) is 8.10. The molecule has 12 heavy (non-hydrogen) atoms. The molecule has 0 N–H and O–H groups in total. The summed E-state index contributed by atoms with van der Waals surface area (Å²) < 4.78 is 0. The van der Waals surface area contributed by atoms with Crippen LogP contribution >= 0.6 is 0 Å². The summed E-state index contributed by atoms with van der Waals surface area (Å²) in [5, 5.41) is 0. The molecule has 2 radical (unpaired) electrons. The van der Waals surface area contributed by atoms with Gasteiger partial charge in [0.2, 0.25) is 0 Å². The van der Waals surface area contributed by atoms with Gasteiger partial charge in [0, 0.05) is 26.0 Å². The van der Waals surface area contributed by atoms with Crippen molar-refractivity contribution in [3.8, 4) is 0 Å². The fourth-order valence-corrected chi connectivity index (χ4v) is 1.07. The Labute approximate surface area is 87.4 Å². The molecular weight excluding hydrogens is 324 g/mol. The smallest absolute Gasteiger partial charge is 0.0485 e. The van der Waals surface area contributed by atoms with Crippen LogP contribution in [0.15, 0.2) is 61.3 Å². The van der Waals surface area contributed by atoms with Gasteiger partial charge in [-0.25, -0.2) is 0 Å². The van der Waals surface area contributed by atoms with E-state index in [1.807, 2.05) is 0 Å². The van der Waals surface area contributed by atoms with Crippen LogP contribution in [0.3, 0.4) is 0 Å². The monoisotopic (exact) mass is 336 g/mol. The normalized spacial score (nSPS) is 17.2. The predicted octanol–water partition coefficient (Wildman–Crippen LogP) is 2.98. The van der Waals surface area contributed by atoms with Gasteiger partial charge in [0.1, 0.15) is 0 Å². The Morgan fingerprint density at radius 2 is 1.42 bits per heavy atom. The van der Waals surface area contributed by atoms with Crippen LogP contribution < -0.4 is 0 Å². The van der Waals surface area contributed by atoms with E-state index >= 15 is 0 Å². The summed E-state index contributed by atoms with van der Waals surface area (Å²) in [5.74, 6) is 1.33. The van der Waals surface area contributed by atoms with Crippen molar-refractivity contribution in [1.82, 2.24) is 0 Å². The maximum absolute atomic E-state index is 3.00. The fourth-order valence-electron chi connectivity index (χ4n) is 1.07. The molecule has 0 aromatic heterocycles. The quantitative estimate of drug-likeness (QED) is 0.597. The van der Waals surface area contributed by atoms with Crippen molar-refractivity contribution in [3.63, 3.8) is 0 Å². The molecule has 0 amide bonds. The third-order valence-electron chi connectivity index (χ3n) is 1.55. The molecule has 2 rings (SSSR count). The van der Waals surface area contributed by atoms with Crippen LogP contribution in [0.5, 0.6) is 0 Å². The first kappa shape index (κ1) is 11.3. The molecule has 0 saturated carbocycles. The van der Waals surface area contributed by atoms with Gasteiger partial charge in [0.05, 0.1) is 0 Å². The molecule has 64 valence electrons. The first-order valence-corrected chi connectivity index (χ1v) is 3.57. The molecule has 0 aliphatic heterocycles. The zero-order valence-corrected chi connectivity index (χ0v) is 9.18. The van der Waals surface area contributed by atoms with Crippen molar-refractivity contribution in [1.29, 1.82) is 0 Å². The van der Waals surface area contributed by atoms with Gasteiger partial charge in [0.25, 0.3) is 0 Å². The molecule has 0 fully saturated rings. The van der Waals surface area contributed by atoms with Crippen molar-refractivity contribution in [2.24, 2.45) is 0 Å². The predicted molar refractivity (Wildman–Crippen MR) is 50.0 cm³/mol. The third-order valence-corrected chi connectivity index (χ3v) is 1.55. The van der Waals surface area contributed by atoms with E-state index in [1.54, 1.807) is 0 Å². The van der Waals surface area contributed by atoms with Crippen molar-refractivity contribution >= 4 is 0 Å². The SMILES string of the molecule is C1=C[C]2C=CC=C2C=C1.C=C.[Ir]. The molecule has 0 spiro atoms. The van der Waals surface area contributed by atoms with E-state index in [0.717, 1.165) is 0 Å². The molecule has 2 aliphatic rings. The molecule has 0 heterocycles. The number of hydrogen-bond acceptors (Lipinski definition) is 0. The van der Waals surface area contributed by atoms with Gasteiger partial charge >= 0.3 is 0 Å². The van der Waals surface area contributed by atoms with Crippen LogP contribution in [0.25, 0.3) is 0 Å². The number of rotatable bonds is 0. The summed E-state index contributed by atoms with van der Waals surface area (Å²) in [6, 6.07) is 0. The van der Waals surface area contributed by atoms with Crippen LogP contribution in [0.1, 0.15) is 0 Å². The summed E-state index contributed by atoms with van der Waals surface area (Å²) in [6.45, 7) is 6.00. The van der Waals surface area contributed by atoms with E-state index in [2.05, 4.69) is 55.7 Å². The Morgan fingerprint density at radius 1 is 0.833 bits per heavy atom. The van der Waals surface area contributed by atoms with Gasteiger partial charge in [0.15, 0.2) is 0 Å². The van der Waals surface area contributed by atoms with Crippen LogP contribution in [-0.4, -0.2) is 0 Å². The Bertz CT molecular complexity index is 244. The molecule has 0 aromatic rings. The number of fused-ring (bicyclic) bond motifs is 1. The third kappa shape index (κ3) is 2.44. The summed E-state index contributed by atoms with van der Waals surface area (Å²) in [4.78, 5) is 0. The minimum absolute atomic E-state index is 0. The molecule has 0 unspecified atom stereocenters. The second kappa shape index (κ2) is 5.93. The Kier molecular flexibility index (Phi) is 5.61. The van der Waals surface area contributed by atoms with Crippen LogP contribution in [0, 0.1) is 5.92 Å². The van der Waals surface area contributed by atoms with Gasteiger partial charge in [-0.1, -0.05) is 42.5 Å². The zero-order valence-electron chi connectivity index (χ0n) is 6.79. The molecule has 0 nitrogen and oxygen atoms in total. The molecule has 0 aromatic carbocycles. The van der Waals surface area contributed by atoms with Gasteiger partial charge in [-0.3, -0.25) is 0 Å². The molecule has 0 atom stereocenters.